The Labute approximate surface area is 113 Å². The van der Waals surface area contributed by atoms with Crippen LogP contribution >= 0.6 is 0 Å². The minimum absolute atomic E-state index is 0.0720. The van der Waals surface area contributed by atoms with Gasteiger partial charge in [0.05, 0.1) is 6.04 Å². The van der Waals surface area contributed by atoms with Crippen LogP contribution in [0.5, 0.6) is 0 Å². The van der Waals surface area contributed by atoms with Gasteiger partial charge >= 0.3 is 5.97 Å². The van der Waals surface area contributed by atoms with Gasteiger partial charge < -0.3 is 5.11 Å². The van der Waals surface area contributed by atoms with Crippen LogP contribution in [0.15, 0.2) is 18.2 Å². The second kappa shape index (κ2) is 6.48. The SMILES string of the molecule is CCC(NC(C)C(=O)c1ccc(C)cc1C)C(=O)O. The summed E-state index contributed by atoms with van der Waals surface area (Å²) in [6.45, 7) is 7.34. The average Bonchev–Trinajstić information content (AvgIpc) is 2.34. The highest BCUT2D eigenvalue weighted by atomic mass is 16.4. The first-order chi connectivity index (χ1) is 8.86. The lowest BCUT2D eigenvalue weighted by Crippen LogP contribution is -2.45. The normalized spacial score (nSPS) is 13.9. The van der Waals surface area contributed by atoms with E-state index < -0.39 is 18.1 Å². The molecule has 4 nitrogen and oxygen atoms in total. The minimum atomic E-state index is -0.928. The molecule has 0 radical (unpaired) electrons. The van der Waals surface area contributed by atoms with Crippen molar-refractivity contribution in [2.45, 2.75) is 46.2 Å². The number of carbonyl (C=O) groups is 2. The Balaban J connectivity index is 2.84. The standard InChI is InChI=1S/C15H21NO3/c1-5-13(15(18)19)16-11(4)14(17)12-7-6-9(2)8-10(12)3/h6-8,11,13,16H,5H2,1-4H3,(H,18,19). The quantitative estimate of drug-likeness (QED) is 0.773. The van der Waals surface area contributed by atoms with Crippen LogP contribution in [0.2, 0.25) is 0 Å². The van der Waals surface area contributed by atoms with E-state index in [2.05, 4.69) is 5.32 Å². The topological polar surface area (TPSA) is 66.4 Å². The Morgan fingerprint density at radius 2 is 1.95 bits per heavy atom. The number of hydrogen-bond donors (Lipinski definition) is 2. The fraction of sp³-hybridized carbons (Fsp3) is 0.467. The molecule has 2 atom stereocenters. The zero-order valence-corrected chi connectivity index (χ0v) is 11.9. The van der Waals surface area contributed by atoms with Gasteiger partial charge in [-0.2, -0.15) is 0 Å². The van der Waals surface area contributed by atoms with Crippen molar-refractivity contribution in [2.75, 3.05) is 0 Å². The maximum atomic E-state index is 12.3. The molecule has 0 aliphatic heterocycles. The molecule has 19 heavy (non-hydrogen) atoms. The highest BCUT2D eigenvalue weighted by molar-refractivity contribution is 6.01. The summed E-state index contributed by atoms with van der Waals surface area (Å²) in [5, 5.41) is 11.8. The number of carboxylic acids is 1. The zero-order valence-electron chi connectivity index (χ0n) is 11.9. The Kier molecular flexibility index (Phi) is 5.24. The van der Waals surface area contributed by atoms with Crippen molar-refractivity contribution in [3.63, 3.8) is 0 Å². The van der Waals surface area contributed by atoms with Gasteiger partial charge in [0.2, 0.25) is 0 Å². The molecule has 0 saturated heterocycles. The fourth-order valence-electron chi connectivity index (χ4n) is 2.06. The number of hydrogen-bond acceptors (Lipinski definition) is 3. The second-order valence-electron chi connectivity index (χ2n) is 4.87. The largest absolute Gasteiger partial charge is 0.480 e. The van der Waals surface area contributed by atoms with Gasteiger partial charge in [0.15, 0.2) is 5.78 Å². The van der Waals surface area contributed by atoms with Gasteiger partial charge in [-0.05, 0) is 32.8 Å². The van der Waals surface area contributed by atoms with E-state index in [-0.39, 0.29) is 5.78 Å². The van der Waals surface area contributed by atoms with Gasteiger partial charge in [-0.15, -0.1) is 0 Å². The van der Waals surface area contributed by atoms with Crippen molar-refractivity contribution >= 4 is 11.8 Å². The van der Waals surface area contributed by atoms with E-state index in [1.54, 1.807) is 19.9 Å². The van der Waals surface area contributed by atoms with Crippen molar-refractivity contribution in [1.82, 2.24) is 5.32 Å². The van der Waals surface area contributed by atoms with Crippen molar-refractivity contribution < 1.29 is 14.7 Å². The number of carboxylic acid groups (broad SMARTS) is 1. The summed E-state index contributed by atoms with van der Waals surface area (Å²) in [6.07, 6.45) is 0.444. The number of aliphatic carboxylic acids is 1. The van der Waals surface area contributed by atoms with Crippen LogP contribution in [0.1, 0.15) is 41.8 Å². The van der Waals surface area contributed by atoms with Crippen LogP contribution in [0.25, 0.3) is 0 Å². The van der Waals surface area contributed by atoms with Crippen LogP contribution in [-0.2, 0) is 4.79 Å². The number of benzene rings is 1. The smallest absolute Gasteiger partial charge is 0.320 e. The molecule has 2 N–H and O–H groups in total. The molecule has 0 aromatic heterocycles. The number of nitrogens with one attached hydrogen (secondary N) is 1. The first-order valence-electron chi connectivity index (χ1n) is 6.47. The average molecular weight is 263 g/mol. The third-order valence-corrected chi connectivity index (χ3v) is 3.20. The Morgan fingerprint density at radius 1 is 1.32 bits per heavy atom. The van der Waals surface area contributed by atoms with E-state index >= 15 is 0 Å². The lowest BCUT2D eigenvalue weighted by atomic mass is 9.98. The van der Waals surface area contributed by atoms with Gasteiger partial charge in [0.1, 0.15) is 6.04 Å². The van der Waals surface area contributed by atoms with Crippen LogP contribution in [0.4, 0.5) is 0 Å². The Bertz CT molecular complexity index is 482. The molecule has 0 saturated carbocycles. The van der Waals surface area contributed by atoms with Gasteiger partial charge in [0, 0.05) is 5.56 Å². The maximum absolute atomic E-state index is 12.3. The molecular weight excluding hydrogens is 242 g/mol. The highest BCUT2D eigenvalue weighted by Crippen LogP contribution is 2.13. The lowest BCUT2D eigenvalue weighted by Gasteiger charge is -2.19. The maximum Gasteiger partial charge on any atom is 0.320 e. The second-order valence-corrected chi connectivity index (χ2v) is 4.87. The first-order valence-corrected chi connectivity index (χ1v) is 6.47. The molecule has 1 aromatic carbocycles. The summed E-state index contributed by atoms with van der Waals surface area (Å²) in [4.78, 5) is 23.3. The molecule has 0 fully saturated rings. The predicted octanol–water partition coefficient (Wildman–Crippen LogP) is 2.33. The molecule has 0 heterocycles. The summed E-state index contributed by atoms with van der Waals surface area (Å²) in [6, 6.07) is 4.44. The molecule has 2 unspecified atom stereocenters. The number of rotatable bonds is 6. The molecule has 104 valence electrons. The zero-order chi connectivity index (χ0) is 14.6. The summed E-state index contributed by atoms with van der Waals surface area (Å²) in [5.41, 5.74) is 2.67. The lowest BCUT2D eigenvalue weighted by molar-refractivity contribution is -0.139. The van der Waals surface area contributed by atoms with Crippen molar-refractivity contribution in [2.24, 2.45) is 0 Å². The molecule has 0 bridgehead atoms. The summed E-state index contributed by atoms with van der Waals surface area (Å²) >= 11 is 0. The minimum Gasteiger partial charge on any atom is -0.480 e. The van der Waals surface area contributed by atoms with Crippen LogP contribution in [0.3, 0.4) is 0 Å². The monoisotopic (exact) mass is 263 g/mol. The van der Waals surface area contributed by atoms with Crippen molar-refractivity contribution in [3.8, 4) is 0 Å². The van der Waals surface area contributed by atoms with Gasteiger partial charge in [0.25, 0.3) is 0 Å². The van der Waals surface area contributed by atoms with Crippen molar-refractivity contribution in [3.05, 3.63) is 34.9 Å². The third kappa shape index (κ3) is 3.89. The van der Waals surface area contributed by atoms with Gasteiger partial charge in [-0.3, -0.25) is 14.9 Å². The number of ketones is 1. The van der Waals surface area contributed by atoms with E-state index in [1.165, 1.54) is 0 Å². The highest BCUT2D eigenvalue weighted by Gasteiger charge is 2.23. The van der Waals surface area contributed by atoms with Crippen LogP contribution in [0, 0.1) is 13.8 Å². The van der Waals surface area contributed by atoms with Crippen LogP contribution < -0.4 is 5.32 Å². The molecule has 0 aliphatic rings. The summed E-state index contributed by atoms with van der Waals surface area (Å²) < 4.78 is 0. The molecule has 0 amide bonds. The fourth-order valence-corrected chi connectivity index (χ4v) is 2.06. The molecule has 1 rings (SSSR count). The number of carbonyl (C=O) groups excluding carboxylic acids is 1. The predicted molar refractivity (Wildman–Crippen MR) is 74.6 cm³/mol. The Hall–Kier alpha value is -1.68. The number of aryl methyl sites for hydroxylation is 2. The third-order valence-electron chi connectivity index (χ3n) is 3.20. The van der Waals surface area contributed by atoms with Gasteiger partial charge in [-0.1, -0.05) is 30.7 Å². The summed E-state index contributed by atoms with van der Waals surface area (Å²) in [7, 11) is 0. The number of Topliss-reactive ketones (excluding diaryl/α,β-unsaturated/α-hetero) is 1. The summed E-state index contributed by atoms with van der Waals surface area (Å²) in [5.74, 6) is -1.00. The first kappa shape index (κ1) is 15.4. The van der Waals surface area contributed by atoms with E-state index in [0.717, 1.165) is 11.1 Å². The molecule has 0 spiro atoms. The molecule has 1 aromatic rings. The van der Waals surface area contributed by atoms with E-state index in [0.29, 0.717) is 12.0 Å². The molecule has 0 aliphatic carbocycles. The van der Waals surface area contributed by atoms with Gasteiger partial charge in [-0.25, -0.2) is 0 Å². The van der Waals surface area contributed by atoms with Crippen LogP contribution in [-0.4, -0.2) is 28.9 Å². The van der Waals surface area contributed by atoms with E-state index in [9.17, 15) is 9.59 Å². The van der Waals surface area contributed by atoms with E-state index in [1.807, 2.05) is 26.0 Å². The molecular formula is C15H21NO3. The Morgan fingerprint density at radius 3 is 2.42 bits per heavy atom. The van der Waals surface area contributed by atoms with Crippen molar-refractivity contribution in [1.29, 1.82) is 0 Å². The van der Waals surface area contributed by atoms with E-state index in [4.69, 9.17) is 5.11 Å². The molecule has 4 heteroatoms.